The molecular weight excluding hydrogens is 412 g/mol. The van der Waals surface area contributed by atoms with Crippen LogP contribution in [-0.4, -0.2) is 49.7 Å². The predicted octanol–water partition coefficient (Wildman–Crippen LogP) is 0.711. The molecule has 1 saturated carbocycles. The molecule has 2 atom stereocenters. The molecule has 9 nitrogen and oxygen atoms in total. The largest absolute Gasteiger partial charge is 0.395 e. The first-order chi connectivity index (χ1) is 14.4. The monoisotopic (exact) mass is 436 g/mol. The molecule has 0 aliphatic heterocycles. The van der Waals surface area contributed by atoms with Crippen LogP contribution in [-0.2, 0) is 6.54 Å². The van der Waals surface area contributed by atoms with Crippen molar-refractivity contribution < 1.29 is 15.0 Å². The number of carbonyl (C=O) groups excluding carboxylic acids is 1. The smallest absolute Gasteiger partial charge is 0.352 e. The molecule has 10 heteroatoms. The number of hydrogen-bond donors (Lipinski definition) is 3. The van der Waals surface area contributed by atoms with E-state index < -0.39 is 23.3 Å². The van der Waals surface area contributed by atoms with Gasteiger partial charge in [0.2, 0.25) is 0 Å². The van der Waals surface area contributed by atoms with Crippen LogP contribution in [0, 0.1) is 5.92 Å². The van der Waals surface area contributed by atoms with Crippen molar-refractivity contribution in [3.8, 4) is 5.69 Å². The highest BCUT2D eigenvalue weighted by molar-refractivity contribution is 6.33. The Morgan fingerprint density at radius 2 is 2.00 bits per heavy atom. The van der Waals surface area contributed by atoms with Crippen molar-refractivity contribution in [1.82, 2.24) is 19.7 Å². The summed E-state index contributed by atoms with van der Waals surface area (Å²) in [4.78, 5) is 37.1. The Balaban J connectivity index is 1.83. The second-order valence-electron chi connectivity index (χ2n) is 7.39. The first-order valence-electron chi connectivity index (χ1n) is 9.98. The molecule has 3 rings (SSSR count). The molecule has 0 saturated heterocycles. The fourth-order valence-electron chi connectivity index (χ4n) is 3.66. The minimum atomic E-state index is -0.730. The van der Waals surface area contributed by atoms with Gasteiger partial charge in [-0.05, 0) is 31.0 Å². The lowest BCUT2D eigenvalue weighted by molar-refractivity contribution is 0.0854. The van der Waals surface area contributed by atoms with Gasteiger partial charge in [0.15, 0.2) is 0 Å². The van der Waals surface area contributed by atoms with Crippen LogP contribution in [0.5, 0.6) is 0 Å². The van der Waals surface area contributed by atoms with E-state index in [1.165, 1.54) is 18.2 Å². The van der Waals surface area contributed by atoms with Gasteiger partial charge in [0, 0.05) is 12.5 Å². The highest BCUT2D eigenvalue weighted by Gasteiger charge is 2.23. The summed E-state index contributed by atoms with van der Waals surface area (Å²) in [6.07, 6.45) is 5.19. The van der Waals surface area contributed by atoms with Gasteiger partial charge in [-0.25, -0.2) is 4.79 Å². The molecule has 0 radical (unpaired) electrons. The van der Waals surface area contributed by atoms with Gasteiger partial charge in [-0.1, -0.05) is 30.9 Å². The van der Waals surface area contributed by atoms with Crippen LogP contribution >= 0.6 is 11.6 Å². The number of nitrogens with one attached hydrogen (secondary N) is 1. The maximum atomic E-state index is 12.7. The number of aromatic nitrogens is 3. The molecule has 162 valence electrons. The molecule has 2 aromatic rings. The molecule has 0 unspecified atom stereocenters. The van der Waals surface area contributed by atoms with Crippen LogP contribution in [0.25, 0.3) is 5.69 Å². The Morgan fingerprint density at radius 1 is 1.23 bits per heavy atom. The van der Waals surface area contributed by atoms with Crippen LogP contribution in [0.15, 0.2) is 34.0 Å². The lowest BCUT2D eigenvalue weighted by Gasteiger charge is -2.21. The molecule has 1 aliphatic carbocycles. The topological polar surface area (TPSA) is 126 Å². The summed E-state index contributed by atoms with van der Waals surface area (Å²) in [6.45, 7) is -0.203. The highest BCUT2D eigenvalue weighted by Crippen LogP contribution is 2.23. The molecule has 0 bridgehead atoms. The quantitative estimate of drug-likeness (QED) is 0.572. The van der Waals surface area contributed by atoms with E-state index in [1.54, 1.807) is 0 Å². The number of hydrogen-bond acceptors (Lipinski definition) is 6. The second-order valence-corrected chi connectivity index (χ2v) is 7.80. The normalized spacial score (nSPS) is 19.3. The number of benzene rings is 1. The average Bonchev–Trinajstić information content (AvgIpc) is 2.94. The standard InChI is InChI=1S/C20H25ClN4O5/c21-16-7-6-14(25-20(30)24(8-9-26)18(28)12-23-25)10-15(16)19(29)22-11-13-4-2-1-3-5-17(13)27/h6-7,10,12-13,17,26-27H,1-5,8-9,11H2,(H,22,29)/t13-,17-/m1/s1. The van der Waals surface area contributed by atoms with Crippen molar-refractivity contribution in [2.45, 2.75) is 44.8 Å². The molecule has 1 amide bonds. The molecule has 1 aromatic carbocycles. The van der Waals surface area contributed by atoms with Crippen LogP contribution in [0.4, 0.5) is 0 Å². The van der Waals surface area contributed by atoms with E-state index in [0.29, 0.717) is 6.54 Å². The molecule has 1 fully saturated rings. The average molecular weight is 437 g/mol. The predicted molar refractivity (Wildman–Crippen MR) is 111 cm³/mol. The van der Waals surface area contributed by atoms with E-state index >= 15 is 0 Å². The maximum Gasteiger partial charge on any atom is 0.352 e. The van der Waals surface area contributed by atoms with E-state index in [9.17, 15) is 19.5 Å². The summed E-state index contributed by atoms with van der Waals surface area (Å²) in [5.74, 6) is -0.431. The Hall–Kier alpha value is -2.49. The number of amides is 1. The van der Waals surface area contributed by atoms with E-state index in [2.05, 4.69) is 10.4 Å². The number of rotatable bonds is 6. The van der Waals surface area contributed by atoms with Crippen LogP contribution in [0.1, 0.15) is 42.5 Å². The third kappa shape index (κ3) is 4.97. The van der Waals surface area contributed by atoms with E-state index in [4.69, 9.17) is 16.7 Å². The number of aliphatic hydroxyl groups excluding tert-OH is 2. The van der Waals surface area contributed by atoms with Crippen LogP contribution in [0.2, 0.25) is 5.02 Å². The van der Waals surface area contributed by atoms with Crippen molar-refractivity contribution in [3.05, 3.63) is 55.8 Å². The van der Waals surface area contributed by atoms with Crippen molar-refractivity contribution in [2.75, 3.05) is 13.2 Å². The number of nitrogens with zero attached hydrogens (tertiary/aromatic N) is 3. The molecule has 0 spiro atoms. The Bertz CT molecular complexity index is 1020. The van der Waals surface area contributed by atoms with Crippen molar-refractivity contribution in [3.63, 3.8) is 0 Å². The zero-order chi connectivity index (χ0) is 21.7. The van der Waals surface area contributed by atoms with Crippen molar-refractivity contribution in [2.24, 2.45) is 5.92 Å². The summed E-state index contributed by atoms with van der Waals surface area (Å²) in [6, 6.07) is 4.40. The fraction of sp³-hybridized carbons (Fsp3) is 0.500. The molecular formula is C20H25ClN4O5. The van der Waals surface area contributed by atoms with Gasteiger partial charge in [-0.3, -0.25) is 14.2 Å². The lowest BCUT2D eigenvalue weighted by atomic mass is 9.97. The maximum absolute atomic E-state index is 12.7. The van der Waals surface area contributed by atoms with E-state index in [1.807, 2.05) is 0 Å². The van der Waals surface area contributed by atoms with Crippen molar-refractivity contribution in [1.29, 1.82) is 0 Å². The van der Waals surface area contributed by atoms with Crippen LogP contribution in [0.3, 0.4) is 0 Å². The van der Waals surface area contributed by atoms with Crippen molar-refractivity contribution >= 4 is 17.5 Å². The Morgan fingerprint density at radius 3 is 2.77 bits per heavy atom. The zero-order valence-electron chi connectivity index (χ0n) is 16.5. The summed E-state index contributed by atoms with van der Waals surface area (Å²) in [5.41, 5.74) is -0.937. The van der Waals surface area contributed by atoms with Gasteiger partial charge >= 0.3 is 5.69 Å². The third-order valence-electron chi connectivity index (χ3n) is 5.37. The Kier molecular flexibility index (Phi) is 7.41. The fourth-order valence-corrected chi connectivity index (χ4v) is 3.86. The summed E-state index contributed by atoms with van der Waals surface area (Å²) >= 11 is 6.19. The molecule has 1 aromatic heterocycles. The summed E-state index contributed by atoms with van der Waals surface area (Å²) < 4.78 is 1.83. The minimum Gasteiger partial charge on any atom is -0.395 e. The van der Waals surface area contributed by atoms with Gasteiger partial charge in [0.1, 0.15) is 6.20 Å². The second kappa shape index (κ2) is 10.0. The molecule has 1 aliphatic rings. The highest BCUT2D eigenvalue weighted by atomic mass is 35.5. The Labute approximate surface area is 177 Å². The molecule has 1 heterocycles. The number of aliphatic hydroxyl groups is 2. The lowest BCUT2D eigenvalue weighted by Crippen LogP contribution is -2.41. The van der Waals surface area contributed by atoms with Gasteiger partial charge in [-0.2, -0.15) is 9.78 Å². The molecule has 3 N–H and O–H groups in total. The van der Waals surface area contributed by atoms with Crippen LogP contribution < -0.4 is 16.6 Å². The first kappa shape index (κ1) is 22.2. The van der Waals surface area contributed by atoms with Gasteiger partial charge in [0.05, 0.1) is 35.5 Å². The minimum absolute atomic E-state index is 0.00951. The summed E-state index contributed by atoms with van der Waals surface area (Å²) in [7, 11) is 0. The van der Waals surface area contributed by atoms with E-state index in [0.717, 1.165) is 47.5 Å². The van der Waals surface area contributed by atoms with Gasteiger partial charge in [-0.15, -0.1) is 0 Å². The number of halogens is 1. The van der Waals surface area contributed by atoms with Gasteiger partial charge in [0.25, 0.3) is 11.5 Å². The first-order valence-corrected chi connectivity index (χ1v) is 10.4. The third-order valence-corrected chi connectivity index (χ3v) is 5.70. The van der Waals surface area contributed by atoms with E-state index in [-0.39, 0.29) is 35.3 Å². The summed E-state index contributed by atoms with van der Waals surface area (Å²) in [5, 5.41) is 26.2. The zero-order valence-corrected chi connectivity index (χ0v) is 17.2. The SMILES string of the molecule is O=C(NC[C@H]1CCCCC[C@H]1O)c1cc(-n2ncc(=O)n(CCO)c2=O)ccc1Cl. The number of carbonyl (C=O) groups is 1. The molecule has 30 heavy (non-hydrogen) atoms. The van der Waals surface area contributed by atoms with Gasteiger partial charge < -0.3 is 15.5 Å².